The van der Waals surface area contributed by atoms with E-state index in [1.54, 1.807) is 16.8 Å². The summed E-state index contributed by atoms with van der Waals surface area (Å²) in [5.41, 5.74) is 1.75. The molecule has 0 aliphatic carbocycles. The number of benzene rings is 1. The molecule has 0 saturated carbocycles. The molecular formula is C32H30ClN7O3S. The van der Waals surface area contributed by atoms with Gasteiger partial charge in [0.15, 0.2) is 6.39 Å². The van der Waals surface area contributed by atoms with Gasteiger partial charge in [0.2, 0.25) is 5.76 Å². The fraction of sp³-hybridized carbons (Fsp3) is 0.250. The normalized spacial score (nSPS) is 13.9. The molecule has 1 aliphatic rings. The minimum absolute atomic E-state index is 0.0172. The highest BCUT2D eigenvalue weighted by atomic mass is 35.5. The maximum absolute atomic E-state index is 14.1. The van der Waals surface area contributed by atoms with Crippen LogP contribution in [0, 0.1) is 11.8 Å². The molecule has 1 aliphatic heterocycles. The number of anilines is 1. The fourth-order valence-corrected chi connectivity index (χ4v) is 5.95. The molecule has 1 saturated heterocycles. The maximum Gasteiger partial charge on any atom is 0.317 e. The average Bonchev–Trinajstić information content (AvgIpc) is 3.81. The highest BCUT2D eigenvalue weighted by Gasteiger charge is 2.23. The van der Waals surface area contributed by atoms with Crippen molar-refractivity contribution in [3.63, 3.8) is 0 Å². The zero-order valence-corrected chi connectivity index (χ0v) is 25.6. The van der Waals surface area contributed by atoms with Crippen molar-refractivity contribution in [2.75, 3.05) is 45.1 Å². The molecule has 0 unspecified atom stereocenters. The summed E-state index contributed by atoms with van der Waals surface area (Å²) in [6.45, 7) is 5.57. The lowest BCUT2D eigenvalue weighted by Crippen LogP contribution is -2.45. The molecule has 1 aromatic carbocycles. The number of aromatic nitrogens is 4. The van der Waals surface area contributed by atoms with Gasteiger partial charge in [-0.05, 0) is 37.4 Å². The highest BCUT2D eigenvalue weighted by Crippen LogP contribution is 2.26. The van der Waals surface area contributed by atoms with Crippen LogP contribution in [0.3, 0.4) is 0 Å². The largest absolute Gasteiger partial charge is 0.438 e. The maximum atomic E-state index is 14.1. The Hall–Kier alpha value is -4.47. The lowest BCUT2D eigenvalue weighted by molar-refractivity contribution is 0.0920. The van der Waals surface area contributed by atoms with Gasteiger partial charge in [0.1, 0.15) is 11.5 Å². The molecule has 0 spiro atoms. The van der Waals surface area contributed by atoms with Gasteiger partial charge in [-0.1, -0.05) is 41.6 Å². The number of carbonyl (C=O) groups is 1. The molecule has 5 heterocycles. The summed E-state index contributed by atoms with van der Waals surface area (Å²) in [6.07, 6.45) is 4.30. The second kappa shape index (κ2) is 13.4. The first-order valence-electron chi connectivity index (χ1n) is 14.2. The Labute approximate surface area is 263 Å². The van der Waals surface area contributed by atoms with Crippen LogP contribution >= 0.6 is 22.9 Å². The summed E-state index contributed by atoms with van der Waals surface area (Å²) in [6, 6.07) is 16.8. The average molecular weight is 628 g/mol. The second-order valence-electron chi connectivity index (χ2n) is 10.4. The van der Waals surface area contributed by atoms with E-state index in [1.807, 2.05) is 48.5 Å². The van der Waals surface area contributed by atoms with E-state index in [0.717, 1.165) is 43.2 Å². The molecule has 0 radical (unpaired) electrons. The molecule has 1 fully saturated rings. The standard InChI is InChI=1S/C32H30ClN7O3S/c1-37-13-15-38(16-14-37)17-18-39-12-11-24(8-7-23-5-3-2-4-6-23)30(32(39)42)26-19-29(35-20-25-9-10-28(33)44-25)40(36-26)31(41)27-21-34-22-43-27/h2-6,9-12,19,21-22,35H,13-18,20H2,1H3. The molecule has 10 nitrogen and oxygen atoms in total. The van der Waals surface area contributed by atoms with Crippen LogP contribution < -0.4 is 10.9 Å². The summed E-state index contributed by atoms with van der Waals surface area (Å²) in [4.78, 5) is 37.0. The van der Waals surface area contributed by atoms with Crippen molar-refractivity contribution >= 4 is 34.7 Å². The van der Waals surface area contributed by atoms with Gasteiger partial charge in [-0.2, -0.15) is 9.78 Å². The Morgan fingerprint density at radius 1 is 1.07 bits per heavy atom. The minimum atomic E-state index is -0.524. The summed E-state index contributed by atoms with van der Waals surface area (Å²) in [5, 5.41) is 7.90. The summed E-state index contributed by atoms with van der Waals surface area (Å²) in [7, 11) is 2.12. The molecule has 6 rings (SSSR count). The van der Waals surface area contributed by atoms with Gasteiger partial charge in [-0.25, -0.2) is 4.98 Å². The molecule has 0 amide bonds. The number of hydrogen-bond acceptors (Lipinski definition) is 9. The van der Waals surface area contributed by atoms with E-state index in [-0.39, 0.29) is 11.3 Å². The van der Waals surface area contributed by atoms with Gasteiger partial charge in [0.25, 0.3) is 5.56 Å². The minimum Gasteiger partial charge on any atom is -0.438 e. The summed E-state index contributed by atoms with van der Waals surface area (Å²) in [5.74, 6) is 6.22. The number of halogens is 1. The first kappa shape index (κ1) is 29.6. The molecular weight excluding hydrogens is 598 g/mol. The highest BCUT2D eigenvalue weighted by molar-refractivity contribution is 7.16. The zero-order valence-electron chi connectivity index (χ0n) is 24.1. The van der Waals surface area contributed by atoms with E-state index in [4.69, 9.17) is 16.0 Å². The third kappa shape index (κ3) is 6.85. The van der Waals surface area contributed by atoms with Crippen molar-refractivity contribution in [1.82, 2.24) is 29.1 Å². The fourth-order valence-electron chi connectivity index (χ4n) is 4.92. The van der Waals surface area contributed by atoms with Crippen LogP contribution in [0.4, 0.5) is 5.82 Å². The first-order valence-corrected chi connectivity index (χ1v) is 15.4. The molecule has 1 N–H and O–H groups in total. The first-order chi connectivity index (χ1) is 21.4. The number of likely N-dealkylation sites (N-methyl/N-ethyl adjacent to an activating group) is 1. The number of oxazole rings is 1. The summed E-state index contributed by atoms with van der Waals surface area (Å²) < 4.78 is 8.83. The molecule has 224 valence electrons. The predicted molar refractivity (Wildman–Crippen MR) is 171 cm³/mol. The molecule has 5 aromatic rings. The predicted octanol–water partition coefficient (Wildman–Crippen LogP) is 4.36. The number of nitrogens with one attached hydrogen (secondary N) is 1. The van der Waals surface area contributed by atoms with Gasteiger partial charge < -0.3 is 19.2 Å². The Bertz CT molecular complexity index is 1860. The van der Waals surface area contributed by atoms with Crippen LogP contribution in [0.1, 0.15) is 26.6 Å². The topological polar surface area (TPSA) is 101 Å². The van der Waals surface area contributed by atoms with E-state index in [0.29, 0.717) is 40.1 Å². The smallest absolute Gasteiger partial charge is 0.317 e. The van der Waals surface area contributed by atoms with Crippen molar-refractivity contribution < 1.29 is 9.21 Å². The quantitative estimate of drug-likeness (QED) is 0.253. The van der Waals surface area contributed by atoms with Crippen LogP contribution in [0.15, 0.2) is 82.6 Å². The number of carbonyl (C=O) groups excluding carboxylic acids is 1. The lowest BCUT2D eigenvalue weighted by Gasteiger charge is -2.32. The zero-order chi connectivity index (χ0) is 30.5. The van der Waals surface area contributed by atoms with Crippen molar-refractivity contribution in [1.29, 1.82) is 0 Å². The van der Waals surface area contributed by atoms with Crippen LogP contribution in [0.25, 0.3) is 11.3 Å². The van der Waals surface area contributed by atoms with Gasteiger partial charge in [0, 0.05) is 67.5 Å². The van der Waals surface area contributed by atoms with Crippen LogP contribution in [0.2, 0.25) is 4.34 Å². The second-order valence-corrected chi connectivity index (χ2v) is 12.2. The molecule has 4 aromatic heterocycles. The van der Waals surface area contributed by atoms with Gasteiger partial charge in [-0.15, -0.1) is 11.3 Å². The molecule has 12 heteroatoms. The summed E-state index contributed by atoms with van der Waals surface area (Å²) >= 11 is 7.56. The van der Waals surface area contributed by atoms with Gasteiger partial charge >= 0.3 is 5.91 Å². The molecule has 0 atom stereocenters. The van der Waals surface area contributed by atoms with Crippen LogP contribution in [-0.2, 0) is 13.1 Å². The van der Waals surface area contributed by atoms with Crippen molar-refractivity contribution in [3.05, 3.63) is 110 Å². The Morgan fingerprint density at radius 2 is 1.89 bits per heavy atom. The van der Waals surface area contributed by atoms with E-state index in [9.17, 15) is 9.59 Å². The number of nitrogens with zero attached hydrogens (tertiary/aromatic N) is 6. The monoisotopic (exact) mass is 627 g/mol. The van der Waals surface area contributed by atoms with Crippen molar-refractivity contribution in [2.45, 2.75) is 13.1 Å². The van der Waals surface area contributed by atoms with Crippen molar-refractivity contribution in [2.24, 2.45) is 0 Å². The Balaban J connectivity index is 1.39. The number of rotatable bonds is 8. The van der Waals surface area contributed by atoms with E-state index in [2.05, 4.69) is 44.1 Å². The third-order valence-corrected chi connectivity index (χ3v) is 8.64. The van der Waals surface area contributed by atoms with Crippen molar-refractivity contribution in [3.8, 4) is 23.1 Å². The van der Waals surface area contributed by atoms with Crippen LogP contribution in [-0.4, -0.2) is 74.8 Å². The third-order valence-electron chi connectivity index (χ3n) is 7.41. The number of piperazine rings is 1. The lowest BCUT2D eigenvalue weighted by atomic mass is 10.1. The van der Waals surface area contributed by atoms with Gasteiger partial charge in [0.05, 0.1) is 22.6 Å². The number of thiophene rings is 1. The number of hydrogen-bond donors (Lipinski definition) is 1. The SMILES string of the molecule is CN1CCN(CCn2ccc(C#Cc3ccccc3)c(-c3cc(NCc4ccc(Cl)s4)n(C(=O)c4cnco4)n3)c2=O)CC1. The molecule has 0 bridgehead atoms. The van der Waals surface area contributed by atoms with E-state index < -0.39 is 5.91 Å². The Kier molecular flexibility index (Phi) is 9.04. The van der Waals surface area contributed by atoms with E-state index in [1.165, 1.54) is 28.6 Å². The van der Waals surface area contributed by atoms with Crippen LogP contribution in [0.5, 0.6) is 0 Å². The van der Waals surface area contributed by atoms with Gasteiger partial charge in [-0.3, -0.25) is 14.5 Å². The van der Waals surface area contributed by atoms with E-state index >= 15 is 0 Å². The molecule has 44 heavy (non-hydrogen) atoms. The Morgan fingerprint density at radius 3 is 2.61 bits per heavy atom. The number of pyridine rings is 1.